The lowest BCUT2D eigenvalue weighted by Gasteiger charge is -2.16. The van der Waals surface area contributed by atoms with Gasteiger partial charge in [0, 0.05) is 27.1 Å². The molecule has 2 nitrogen and oxygen atoms in total. The molecule has 0 N–H and O–H groups in total. The predicted molar refractivity (Wildman–Crippen MR) is 153 cm³/mol. The minimum Gasteiger partial charge on any atom is -0.305 e. The Morgan fingerprint density at radius 2 is 0.833 bits per heavy atom. The smallest absolute Gasteiger partial charge is 0.0796 e. The van der Waals surface area contributed by atoms with E-state index in [1.165, 1.54) is 76.5 Å². The molecule has 0 aliphatic heterocycles. The third-order valence-corrected chi connectivity index (χ3v) is 8.00. The molecule has 3 aromatic heterocycles. The van der Waals surface area contributed by atoms with Crippen LogP contribution in [0.15, 0.2) is 121 Å². The van der Waals surface area contributed by atoms with E-state index in [1.807, 2.05) is 0 Å². The standard InChI is InChI=1S/C34H20N2/c1-2-11-21(12-3-1)22-17-10-20-29-32(22)36-28-19-9-7-16-26(28)31-24-14-5-4-13-23(24)30-25-15-6-8-18-27(25)35(29)33(30)34(31)36/h1-20H. The molecule has 0 bridgehead atoms. The molecule has 0 saturated carbocycles. The first-order valence-electron chi connectivity index (χ1n) is 12.5. The summed E-state index contributed by atoms with van der Waals surface area (Å²) in [7, 11) is 0. The van der Waals surface area contributed by atoms with E-state index in [-0.39, 0.29) is 0 Å². The van der Waals surface area contributed by atoms with E-state index in [4.69, 9.17) is 0 Å². The summed E-state index contributed by atoms with van der Waals surface area (Å²) in [6, 6.07) is 44.3. The van der Waals surface area contributed by atoms with Crippen LogP contribution in [0.4, 0.5) is 0 Å². The summed E-state index contributed by atoms with van der Waals surface area (Å²) < 4.78 is 5.05. The average Bonchev–Trinajstić information content (AvgIpc) is 3.48. The molecule has 6 aromatic carbocycles. The molecule has 0 atom stereocenters. The van der Waals surface area contributed by atoms with Crippen LogP contribution in [-0.4, -0.2) is 8.80 Å². The highest BCUT2D eigenvalue weighted by atomic mass is 15.0. The first-order chi connectivity index (χ1) is 17.9. The fraction of sp³-hybridized carbons (Fsp3) is 0. The molecule has 0 saturated heterocycles. The normalized spacial score (nSPS) is 12.4. The summed E-state index contributed by atoms with van der Waals surface area (Å²) in [5, 5.41) is 7.93. The number of rotatable bonds is 1. The van der Waals surface area contributed by atoms with E-state index in [9.17, 15) is 0 Å². The predicted octanol–water partition coefficient (Wildman–Crippen LogP) is 9.06. The van der Waals surface area contributed by atoms with Gasteiger partial charge in [0.2, 0.25) is 0 Å². The number of aromatic nitrogens is 2. The van der Waals surface area contributed by atoms with Gasteiger partial charge in [0.05, 0.1) is 33.1 Å². The van der Waals surface area contributed by atoms with Crippen LogP contribution in [0.3, 0.4) is 0 Å². The molecule has 0 aliphatic rings. The van der Waals surface area contributed by atoms with Crippen molar-refractivity contribution in [1.29, 1.82) is 0 Å². The number of hydrogen-bond acceptors (Lipinski definition) is 0. The second-order valence-electron chi connectivity index (χ2n) is 9.74. The van der Waals surface area contributed by atoms with Crippen LogP contribution in [0.25, 0.3) is 76.5 Å². The maximum atomic E-state index is 2.54. The van der Waals surface area contributed by atoms with Crippen molar-refractivity contribution in [1.82, 2.24) is 8.80 Å². The lowest BCUT2D eigenvalue weighted by Crippen LogP contribution is -1.99. The molecule has 9 rings (SSSR count). The van der Waals surface area contributed by atoms with Crippen molar-refractivity contribution >= 4 is 65.4 Å². The van der Waals surface area contributed by atoms with Gasteiger partial charge in [-0.1, -0.05) is 103 Å². The number of benzene rings is 6. The van der Waals surface area contributed by atoms with Crippen LogP contribution in [0.5, 0.6) is 0 Å². The Kier molecular flexibility index (Phi) is 3.31. The molecule has 0 fully saturated rings. The highest BCUT2D eigenvalue weighted by Crippen LogP contribution is 2.47. The molecular weight excluding hydrogens is 436 g/mol. The largest absolute Gasteiger partial charge is 0.305 e. The Morgan fingerprint density at radius 1 is 0.333 bits per heavy atom. The van der Waals surface area contributed by atoms with Crippen LogP contribution in [0, 0.1) is 0 Å². The molecule has 2 heteroatoms. The van der Waals surface area contributed by atoms with Gasteiger partial charge in [-0.25, -0.2) is 0 Å². The van der Waals surface area contributed by atoms with Crippen LogP contribution >= 0.6 is 0 Å². The zero-order valence-corrected chi connectivity index (χ0v) is 19.4. The molecule has 3 heterocycles. The summed E-state index contributed by atoms with van der Waals surface area (Å²) in [5.74, 6) is 0. The molecule has 0 amide bonds. The van der Waals surface area contributed by atoms with Crippen LogP contribution in [0.2, 0.25) is 0 Å². The fourth-order valence-electron chi connectivity index (χ4n) is 6.67. The maximum Gasteiger partial charge on any atom is 0.0796 e. The summed E-state index contributed by atoms with van der Waals surface area (Å²) in [6.07, 6.45) is 0. The Bertz CT molecular complexity index is 2290. The van der Waals surface area contributed by atoms with E-state index in [1.54, 1.807) is 0 Å². The van der Waals surface area contributed by atoms with Crippen molar-refractivity contribution in [2.45, 2.75) is 0 Å². The van der Waals surface area contributed by atoms with Crippen molar-refractivity contribution < 1.29 is 0 Å². The molecule has 0 unspecified atom stereocenters. The molecule has 36 heavy (non-hydrogen) atoms. The van der Waals surface area contributed by atoms with E-state index in [0.29, 0.717) is 0 Å². The summed E-state index contributed by atoms with van der Waals surface area (Å²) in [4.78, 5) is 0. The highest BCUT2D eigenvalue weighted by Gasteiger charge is 2.25. The first-order valence-corrected chi connectivity index (χ1v) is 12.5. The average molecular weight is 457 g/mol. The van der Waals surface area contributed by atoms with Gasteiger partial charge in [-0.2, -0.15) is 0 Å². The fourth-order valence-corrected chi connectivity index (χ4v) is 6.67. The summed E-state index contributed by atoms with van der Waals surface area (Å²) >= 11 is 0. The molecule has 0 aliphatic carbocycles. The topological polar surface area (TPSA) is 8.82 Å². The molecule has 9 aromatic rings. The van der Waals surface area contributed by atoms with Crippen molar-refractivity contribution in [3.63, 3.8) is 0 Å². The second kappa shape index (κ2) is 6.44. The molecule has 166 valence electrons. The number of fused-ring (bicyclic) bond motifs is 12. The monoisotopic (exact) mass is 456 g/mol. The third kappa shape index (κ3) is 2.06. The van der Waals surface area contributed by atoms with Gasteiger partial charge in [-0.3, -0.25) is 0 Å². The Balaban J connectivity index is 1.76. The van der Waals surface area contributed by atoms with E-state index >= 15 is 0 Å². The van der Waals surface area contributed by atoms with Crippen LogP contribution in [-0.2, 0) is 0 Å². The minimum atomic E-state index is 1.23. The first kappa shape index (κ1) is 18.5. The van der Waals surface area contributed by atoms with E-state index in [2.05, 4.69) is 130 Å². The van der Waals surface area contributed by atoms with Crippen molar-refractivity contribution in [2.75, 3.05) is 0 Å². The van der Waals surface area contributed by atoms with Gasteiger partial charge in [-0.15, -0.1) is 0 Å². The summed E-state index contributed by atoms with van der Waals surface area (Å²) in [6.45, 7) is 0. The lowest BCUT2D eigenvalue weighted by molar-refractivity contribution is 1.26. The van der Waals surface area contributed by atoms with Gasteiger partial charge in [0.25, 0.3) is 0 Å². The second-order valence-corrected chi connectivity index (χ2v) is 9.74. The molecule has 0 radical (unpaired) electrons. The van der Waals surface area contributed by atoms with Crippen molar-refractivity contribution in [2.24, 2.45) is 0 Å². The zero-order chi connectivity index (χ0) is 23.4. The van der Waals surface area contributed by atoms with Gasteiger partial charge in [-0.05, 0) is 34.5 Å². The zero-order valence-electron chi connectivity index (χ0n) is 19.4. The van der Waals surface area contributed by atoms with Gasteiger partial charge >= 0.3 is 0 Å². The Labute approximate surface area is 206 Å². The number of para-hydroxylation sites is 3. The summed E-state index contributed by atoms with van der Waals surface area (Å²) in [5.41, 5.74) is 10.1. The highest BCUT2D eigenvalue weighted by molar-refractivity contribution is 6.37. The van der Waals surface area contributed by atoms with Gasteiger partial charge < -0.3 is 8.80 Å². The third-order valence-electron chi connectivity index (χ3n) is 8.00. The van der Waals surface area contributed by atoms with Gasteiger partial charge in [0.1, 0.15) is 0 Å². The van der Waals surface area contributed by atoms with E-state index in [0.717, 1.165) is 0 Å². The lowest BCUT2D eigenvalue weighted by atomic mass is 9.98. The number of nitrogens with zero attached hydrogens (tertiary/aromatic N) is 2. The molecule has 0 spiro atoms. The van der Waals surface area contributed by atoms with Crippen LogP contribution in [0.1, 0.15) is 0 Å². The van der Waals surface area contributed by atoms with Crippen LogP contribution < -0.4 is 0 Å². The minimum absolute atomic E-state index is 1.23. The molecular formula is C34H20N2. The quantitative estimate of drug-likeness (QED) is 0.218. The van der Waals surface area contributed by atoms with E-state index < -0.39 is 0 Å². The van der Waals surface area contributed by atoms with Crippen molar-refractivity contribution in [3.05, 3.63) is 121 Å². The maximum absolute atomic E-state index is 2.54. The van der Waals surface area contributed by atoms with Gasteiger partial charge in [0.15, 0.2) is 0 Å². The number of hydrogen-bond donors (Lipinski definition) is 0. The van der Waals surface area contributed by atoms with Crippen molar-refractivity contribution in [3.8, 4) is 11.1 Å². The Hall–Kier alpha value is -4.82. The SMILES string of the molecule is c1ccc(-c2cccc3c2n2c4ccccc4c4c5ccccc5c5c6ccccc6n3c5c42)cc1. The Morgan fingerprint density at radius 3 is 1.50 bits per heavy atom.